The van der Waals surface area contributed by atoms with E-state index in [1.165, 1.54) is 0 Å². The van der Waals surface area contributed by atoms with Crippen LogP contribution in [0.5, 0.6) is 0 Å². The lowest BCUT2D eigenvalue weighted by atomic mass is 10.2. The Morgan fingerprint density at radius 2 is 2.00 bits per heavy atom. The first kappa shape index (κ1) is 13.0. The Morgan fingerprint density at radius 1 is 1.22 bits per heavy atom. The maximum Gasteiger partial charge on any atom is 0.101 e. The van der Waals surface area contributed by atoms with Crippen molar-refractivity contribution in [1.29, 1.82) is 5.26 Å². The van der Waals surface area contributed by atoms with Crippen LogP contribution in [0, 0.1) is 14.9 Å². The van der Waals surface area contributed by atoms with Gasteiger partial charge >= 0.3 is 0 Å². The fraction of sp³-hybridized carbons (Fsp3) is 0. The maximum atomic E-state index is 8.80. The molecular weight excluding hydrogens is 361 g/mol. The average Bonchev–Trinajstić information content (AvgIpc) is 2.33. The minimum atomic E-state index is 0.448. The smallest absolute Gasteiger partial charge is 0.101 e. The summed E-state index contributed by atoms with van der Waals surface area (Å²) < 4.78 is 1.07. The van der Waals surface area contributed by atoms with Gasteiger partial charge in [-0.3, -0.25) is 0 Å². The van der Waals surface area contributed by atoms with Gasteiger partial charge in [-0.1, -0.05) is 11.6 Å². The van der Waals surface area contributed by atoms with Crippen molar-refractivity contribution < 1.29 is 0 Å². The van der Waals surface area contributed by atoms with Gasteiger partial charge in [0.25, 0.3) is 0 Å². The highest BCUT2D eigenvalue weighted by molar-refractivity contribution is 14.1. The topological polar surface area (TPSA) is 61.8 Å². The zero-order chi connectivity index (χ0) is 13.1. The molecule has 0 saturated heterocycles. The Kier molecular flexibility index (Phi) is 3.94. The van der Waals surface area contributed by atoms with Crippen LogP contribution in [0.1, 0.15) is 5.56 Å². The lowest BCUT2D eigenvalue weighted by Crippen LogP contribution is -1.95. The number of nitrogens with zero attached hydrogens (tertiary/aromatic N) is 1. The third-order valence-corrected chi connectivity index (χ3v) is 3.37. The van der Waals surface area contributed by atoms with Gasteiger partial charge < -0.3 is 11.1 Å². The van der Waals surface area contributed by atoms with Crippen LogP contribution >= 0.6 is 34.2 Å². The molecule has 90 valence electrons. The maximum absolute atomic E-state index is 8.80. The number of nitrogens with two attached hydrogens (primary N) is 1. The molecule has 2 rings (SSSR count). The zero-order valence-electron chi connectivity index (χ0n) is 9.24. The lowest BCUT2D eigenvalue weighted by molar-refractivity contribution is 1.47. The van der Waals surface area contributed by atoms with Gasteiger partial charge in [-0.15, -0.1) is 0 Å². The molecule has 0 atom stereocenters. The standard InChI is InChI=1S/C13H9ClIN3/c14-11-5-9(15)2-4-13(11)18-10-3-1-8(7-16)12(17)6-10/h1-6,18H,17H2. The summed E-state index contributed by atoms with van der Waals surface area (Å²) in [5.74, 6) is 0. The highest BCUT2D eigenvalue weighted by atomic mass is 127. The van der Waals surface area contributed by atoms with Crippen molar-refractivity contribution in [3.05, 3.63) is 50.6 Å². The van der Waals surface area contributed by atoms with Gasteiger partial charge in [-0.25, -0.2) is 0 Å². The predicted octanol–water partition coefficient (Wildman–Crippen LogP) is 4.14. The quantitative estimate of drug-likeness (QED) is 0.618. The van der Waals surface area contributed by atoms with Crippen molar-refractivity contribution in [2.75, 3.05) is 11.1 Å². The molecule has 0 fully saturated rings. The summed E-state index contributed by atoms with van der Waals surface area (Å²) in [4.78, 5) is 0. The van der Waals surface area contributed by atoms with E-state index in [0.29, 0.717) is 16.3 Å². The van der Waals surface area contributed by atoms with Crippen molar-refractivity contribution in [1.82, 2.24) is 0 Å². The normalized spacial score (nSPS) is 9.83. The molecule has 0 aliphatic rings. The molecule has 18 heavy (non-hydrogen) atoms. The molecule has 0 radical (unpaired) electrons. The largest absolute Gasteiger partial charge is 0.398 e. The number of nitrogens with one attached hydrogen (secondary N) is 1. The van der Waals surface area contributed by atoms with Crippen molar-refractivity contribution in [3.63, 3.8) is 0 Å². The van der Waals surface area contributed by atoms with Gasteiger partial charge in [0.05, 0.1) is 22.0 Å². The van der Waals surface area contributed by atoms with E-state index in [9.17, 15) is 0 Å². The van der Waals surface area contributed by atoms with E-state index in [4.69, 9.17) is 22.6 Å². The van der Waals surface area contributed by atoms with E-state index in [1.807, 2.05) is 24.3 Å². The third kappa shape index (κ3) is 2.86. The number of hydrogen-bond donors (Lipinski definition) is 2. The van der Waals surface area contributed by atoms with E-state index in [2.05, 4.69) is 27.9 Å². The van der Waals surface area contributed by atoms with Gasteiger partial charge in [-0.2, -0.15) is 5.26 Å². The number of hydrogen-bond acceptors (Lipinski definition) is 3. The van der Waals surface area contributed by atoms with Gasteiger partial charge in [0.1, 0.15) is 6.07 Å². The van der Waals surface area contributed by atoms with Crippen LogP contribution in [0.2, 0.25) is 5.02 Å². The first-order chi connectivity index (χ1) is 8.60. The summed E-state index contributed by atoms with van der Waals surface area (Å²) in [5.41, 5.74) is 8.27. The molecule has 0 heterocycles. The minimum absolute atomic E-state index is 0.448. The molecule has 3 N–H and O–H groups in total. The second kappa shape index (κ2) is 5.46. The Balaban J connectivity index is 2.29. The fourth-order valence-electron chi connectivity index (χ4n) is 1.49. The molecular formula is C13H9ClIN3. The summed E-state index contributed by atoms with van der Waals surface area (Å²) in [5, 5.41) is 12.6. The Bertz CT molecular complexity index is 635. The molecule has 0 unspecified atom stereocenters. The van der Waals surface area contributed by atoms with Crippen LogP contribution in [0.4, 0.5) is 17.1 Å². The molecule has 0 aliphatic carbocycles. The SMILES string of the molecule is N#Cc1ccc(Nc2ccc(I)cc2Cl)cc1N. The number of nitrogen functional groups attached to an aromatic ring is 1. The summed E-state index contributed by atoms with van der Waals surface area (Å²) in [6.07, 6.45) is 0. The molecule has 5 heteroatoms. The van der Waals surface area contributed by atoms with Crippen LogP contribution in [0.3, 0.4) is 0 Å². The van der Waals surface area contributed by atoms with Crippen LogP contribution in [-0.2, 0) is 0 Å². The van der Waals surface area contributed by atoms with Crippen LogP contribution in [-0.4, -0.2) is 0 Å². The number of halogens is 2. The van der Waals surface area contributed by atoms with Gasteiger partial charge in [0.2, 0.25) is 0 Å². The summed E-state index contributed by atoms with van der Waals surface area (Å²) >= 11 is 8.33. The molecule has 0 spiro atoms. The van der Waals surface area contributed by atoms with Crippen LogP contribution in [0.25, 0.3) is 0 Å². The van der Waals surface area contributed by atoms with E-state index in [0.717, 1.165) is 14.9 Å². The number of anilines is 3. The second-order valence-corrected chi connectivity index (χ2v) is 5.32. The van der Waals surface area contributed by atoms with Crippen molar-refractivity contribution >= 4 is 51.3 Å². The molecule has 3 nitrogen and oxygen atoms in total. The van der Waals surface area contributed by atoms with E-state index >= 15 is 0 Å². The Hall–Kier alpha value is -1.45. The summed E-state index contributed by atoms with van der Waals surface area (Å²) in [6.45, 7) is 0. The minimum Gasteiger partial charge on any atom is -0.398 e. The molecule has 0 aromatic heterocycles. The molecule has 0 aliphatic heterocycles. The Labute approximate surface area is 124 Å². The van der Waals surface area contributed by atoms with Gasteiger partial charge in [0, 0.05) is 9.26 Å². The fourth-order valence-corrected chi connectivity index (χ4v) is 2.39. The molecule has 0 bridgehead atoms. The van der Waals surface area contributed by atoms with Crippen LogP contribution in [0.15, 0.2) is 36.4 Å². The van der Waals surface area contributed by atoms with Crippen molar-refractivity contribution in [3.8, 4) is 6.07 Å². The molecule has 0 saturated carbocycles. The van der Waals surface area contributed by atoms with Gasteiger partial charge in [-0.05, 0) is 59.0 Å². The third-order valence-electron chi connectivity index (χ3n) is 2.38. The highest BCUT2D eigenvalue weighted by Gasteiger charge is 2.03. The number of nitriles is 1. The van der Waals surface area contributed by atoms with E-state index < -0.39 is 0 Å². The molecule has 2 aromatic rings. The van der Waals surface area contributed by atoms with Crippen molar-refractivity contribution in [2.24, 2.45) is 0 Å². The van der Waals surface area contributed by atoms with Crippen molar-refractivity contribution in [2.45, 2.75) is 0 Å². The first-order valence-corrected chi connectivity index (χ1v) is 6.57. The number of benzene rings is 2. The average molecular weight is 370 g/mol. The lowest BCUT2D eigenvalue weighted by Gasteiger charge is -2.09. The highest BCUT2D eigenvalue weighted by Crippen LogP contribution is 2.28. The Morgan fingerprint density at radius 3 is 2.61 bits per heavy atom. The van der Waals surface area contributed by atoms with E-state index in [-0.39, 0.29) is 0 Å². The zero-order valence-corrected chi connectivity index (χ0v) is 12.2. The van der Waals surface area contributed by atoms with Crippen LogP contribution < -0.4 is 11.1 Å². The van der Waals surface area contributed by atoms with E-state index in [1.54, 1.807) is 18.2 Å². The molecule has 0 amide bonds. The molecule has 2 aromatic carbocycles. The van der Waals surface area contributed by atoms with Gasteiger partial charge in [0.15, 0.2) is 0 Å². The summed E-state index contributed by atoms with van der Waals surface area (Å²) in [6, 6.07) is 12.9. The second-order valence-electron chi connectivity index (χ2n) is 3.66. The predicted molar refractivity (Wildman–Crippen MR) is 83.0 cm³/mol. The monoisotopic (exact) mass is 369 g/mol. The summed E-state index contributed by atoms with van der Waals surface area (Å²) in [7, 11) is 0. The first-order valence-electron chi connectivity index (χ1n) is 5.12. The number of rotatable bonds is 2.